The number of rotatable bonds is 1. The number of nitrogens with one attached hydrogen (secondary N) is 1. The lowest BCUT2D eigenvalue weighted by molar-refractivity contribution is 1.02. The highest BCUT2D eigenvalue weighted by atomic mass is 35.5. The number of benzene rings is 1. The van der Waals surface area contributed by atoms with Crippen molar-refractivity contribution >= 4 is 45.2 Å². The third-order valence-corrected chi connectivity index (χ3v) is 4.01. The molecule has 0 unspecified atom stereocenters. The molecule has 0 atom stereocenters. The highest BCUT2D eigenvalue weighted by molar-refractivity contribution is 7.71. The summed E-state index contributed by atoms with van der Waals surface area (Å²) in [5.74, 6) is 0. The first-order valence-corrected chi connectivity index (χ1v) is 6.64. The average Bonchev–Trinajstić information content (AvgIpc) is 2.80. The number of aromatic amines is 1. The number of hydrogen-bond acceptors (Lipinski definition) is 3. The summed E-state index contributed by atoms with van der Waals surface area (Å²) in [5, 5.41) is 10.3. The Labute approximate surface area is 112 Å². The van der Waals surface area contributed by atoms with E-state index in [1.54, 1.807) is 17.4 Å². The lowest BCUT2D eigenvalue weighted by Crippen LogP contribution is -1.87. The molecule has 0 aliphatic carbocycles. The topological polar surface area (TPSA) is 28.7 Å². The van der Waals surface area contributed by atoms with E-state index in [9.17, 15) is 0 Å². The summed E-state index contributed by atoms with van der Waals surface area (Å²) in [4.78, 5) is 0. The minimum Gasteiger partial charge on any atom is -0.266 e. The summed E-state index contributed by atoms with van der Waals surface area (Å²) in [6, 6.07) is 10.1. The van der Waals surface area contributed by atoms with Crippen LogP contribution in [0.15, 0.2) is 35.7 Å². The van der Waals surface area contributed by atoms with E-state index in [0.717, 1.165) is 11.1 Å². The number of fused-ring (bicyclic) bond motifs is 1. The van der Waals surface area contributed by atoms with E-state index in [1.807, 2.05) is 12.1 Å². The highest BCUT2D eigenvalue weighted by Gasteiger charge is 2.07. The van der Waals surface area contributed by atoms with Gasteiger partial charge in [0.1, 0.15) is 9.79 Å². The van der Waals surface area contributed by atoms with Gasteiger partial charge in [-0.05, 0) is 22.9 Å². The lowest BCUT2D eigenvalue weighted by atomic mass is 10.1. The molecule has 0 saturated carbocycles. The van der Waals surface area contributed by atoms with E-state index in [4.69, 9.17) is 23.8 Å². The van der Waals surface area contributed by atoms with Crippen LogP contribution in [0.5, 0.6) is 0 Å². The second-order valence-electron chi connectivity index (χ2n) is 3.58. The Morgan fingerprint density at radius 1 is 1.24 bits per heavy atom. The molecule has 0 radical (unpaired) electrons. The smallest absolute Gasteiger partial charge is 0.150 e. The zero-order valence-electron chi connectivity index (χ0n) is 8.61. The van der Waals surface area contributed by atoms with Crippen LogP contribution in [0, 0.1) is 4.64 Å². The minimum atomic E-state index is 0.419. The summed E-state index contributed by atoms with van der Waals surface area (Å²) in [7, 11) is 0. The van der Waals surface area contributed by atoms with Crippen molar-refractivity contribution in [1.29, 1.82) is 0 Å². The standard InChI is InChI=1S/C12H7ClN2S2/c13-10-6-9(12(16)15-14-10)8-3-1-2-7-4-5-17-11(7)8/h1-6H,(H,15,16). The Morgan fingerprint density at radius 3 is 3.00 bits per heavy atom. The Balaban J connectivity index is 2.38. The monoisotopic (exact) mass is 278 g/mol. The Bertz CT molecular complexity index is 745. The number of hydrogen-bond donors (Lipinski definition) is 1. The van der Waals surface area contributed by atoms with Crippen LogP contribution in [0.2, 0.25) is 5.15 Å². The zero-order valence-corrected chi connectivity index (χ0v) is 11.0. The van der Waals surface area contributed by atoms with Gasteiger partial charge in [-0.15, -0.1) is 11.3 Å². The van der Waals surface area contributed by atoms with Gasteiger partial charge in [0, 0.05) is 15.8 Å². The Morgan fingerprint density at radius 2 is 2.12 bits per heavy atom. The van der Waals surface area contributed by atoms with E-state index < -0.39 is 0 Å². The largest absolute Gasteiger partial charge is 0.266 e. The molecule has 3 aromatic rings. The number of H-pyrrole nitrogens is 1. The minimum absolute atomic E-state index is 0.419. The highest BCUT2D eigenvalue weighted by Crippen LogP contribution is 2.33. The van der Waals surface area contributed by atoms with Gasteiger partial charge in [0.2, 0.25) is 0 Å². The van der Waals surface area contributed by atoms with E-state index in [1.165, 1.54) is 10.1 Å². The van der Waals surface area contributed by atoms with Gasteiger partial charge in [0.05, 0.1) is 0 Å². The summed E-state index contributed by atoms with van der Waals surface area (Å²) in [6.07, 6.45) is 0. The molecule has 2 nitrogen and oxygen atoms in total. The molecule has 17 heavy (non-hydrogen) atoms. The summed E-state index contributed by atoms with van der Waals surface area (Å²) < 4.78 is 1.82. The predicted octanol–water partition coefficient (Wildman–Crippen LogP) is 4.67. The van der Waals surface area contributed by atoms with Crippen molar-refractivity contribution in [1.82, 2.24) is 10.2 Å². The molecular formula is C12H7ClN2S2. The predicted molar refractivity (Wildman–Crippen MR) is 75.3 cm³/mol. The molecule has 3 rings (SSSR count). The fourth-order valence-electron chi connectivity index (χ4n) is 1.79. The third kappa shape index (κ3) is 1.88. The maximum absolute atomic E-state index is 5.91. The van der Waals surface area contributed by atoms with Gasteiger partial charge in [0.15, 0.2) is 0 Å². The van der Waals surface area contributed by atoms with Crippen LogP contribution in [0.4, 0.5) is 0 Å². The third-order valence-electron chi connectivity index (χ3n) is 2.54. The first kappa shape index (κ1) is 10.9. The van der Waals surface area contributed by atoms with Crippen molar-refractivity contribution in [2.24, 2.45) is 0 Å². The van der Waals surface area contributed by atoms with Crippen LogP contribution in [0.1, 0.15) is 0 Å². The van der Waals surface area contributed by atoms with Crippen LogP contribution in [0.3, 0.4) is 0 Å². The second-order valence-corrected chi connectivity index (χ2v) is 5.29. The van der Waals surface area contributed by atoms with Gasteiger partial charge >= 0.3 is 0 Å². The fraction of sp³-hybridized carbons (Fsp3) is 0. The van der Waals surface area contributed by atoms with Crippen LogP contribution >= 0.6 is 35.2 Å². The van der Waals surface area contributed by atoms with Crippen molar-refractivity contribution in [3.8, 4) is 11.1 Å². The molecule has 0 aliphatic rings. The Kier molecular flexibility index (Phi) is 2.70. The molecule has 1 aromatic carbocycles. The van der Waals surface area contributed by atoms with Crippen LogP contribution in [-0.4, -0.2) is 10.2 Å². The molecule has 0 saturated heterocycles. The number of halogens is 1. The maximum Gasteiger partial charge on any atom is 0.150 e. The quantitative estimate of drug-likeness (QED) is 0.655. The van der Waals surface area contributed by atoms with Crippen LogP contribution in [-0.2, 0) is 0 Å². The number of thiophene rings is 1. The number of nitrogens with zero attached hydrogens (tertiary/aromatic N) is 1. The van der Waals surface area contributed by atoms with Crippen molar-refractivity contribution in [3.63, 3.8) is 0 Å². The Hall–Kier alpha value is -1.23. The van der Waals surface area contributed by atoms with Crippen molar-refractivity contribution < 1.29 is 0 Å². The molecule has 0 fully saturated rings. The van der Waals surface area contributed by atoms with Gasteiger partial charge < -0.3 is 0 Å². The van der Waals surface area contributed by atoms with E-state index in [2.05, 4.69) is 27.7 Å². The molecular weight excluding hydrogens is 272 g/mol. The molecule has 0 aliphatic heterocycles. The molecule has 2 aromatic heterocycles. The maximum atomic E-state index is 5.91. The van der Waals surface area contributed by atoms with Gasteiger partial charge in [-0.3, -0.25) is 5.10 Å². The first-order valence-electron chi connectivity index (χ1n) is 4.97. The van der Waals surface area contributed by atoms with E-state index >= 15 is 0 Å². The van der Waals surface area contributed by atoms with E-state index in [-0.39, 0.29) is 0 Å². The SMILES string of the molecule is S=c1[nH]nc(Cl)cc1-c1cccc2ccsc12. The van der Waals surface area contributed by atoms with Gasteiger partial charge in [-0.1, -0.05) is 42.0 Å². The summed E-state index contributed by atoms with van der Waals surface area (Å²) in [6.45, 7) is 0. The summed E-state index contributed by atoms with van der Waals surface area (Å²) >= 11 is 12.9. The zero-order chi connectivity index (χ0) is 11.8. The van der Waals surface area contributed by atoms with Gasteiger partial charge in [-0.25, -0.2) is 0 Å². The normalized spacial score (nSPS) is 10.9. The fourth-order valence-corrected chi connectivity index (χ4v) is 3.08. The molecule has 0 amide bonds. The molecule has 1 N–H and O–H groups in total. The first-order chi connectivity index (χ1) is 8.25. The van der Waals surface area contributed by atoms with Crippen LogP contribution < -0.4 is 0 Å². The molecule has 0 spiro atoms. The average molecular weight is 279 g/mol. The van der Waals surface area contributed by atoms with Crippen molar-refractivity contribution in [2.45, 2.75) is 0 Å². The van der Waals surface area contributed by atoms with E-state index in [0.29, 0.717) is 9.79 Å². The van der Waals surface area contributed by atoms with Gasteiger partial charge in [0.25, 0.3) is 0 Å². The lowest BCUT2D eigenvalue weighted by Gasteiger charge is -2.03. The van der Waals surface area contributed by atoms with Gasteiger partial charge in [-0.2, -0.15) is 5.10 Å². The molecule has 5 heteroatoms. The molecule has 2 heterocycles. The van der Waals surface area contributed by atoms with Crippen molar-refractivity contribution in [3.05, 3.63) is 45.5 Å². The van der Waals surface area contributed by atoms with Crippen LogP contribution in [0.25, 0.3) is 21.2 Å². The molecule has 84 valence electrons. The second kappa shape index (κ2) is 4.22. The molecule has 0 bridgehead atoms. The van der Waals surface area contributed by atoms with Crippen molar-refractivity contribution in [2.75, 3.05) is 0 Å². The number of aromatic nitrogens is 2. The summed E-state index contributed by atoms with van der Waals surface area (Å²) in [5.41, 5.74) is 2.02.